The van der Waals surface area contributed by atoms with Crippen molar-refractivity contribution in [2.75, 3.05) is 12.8 Å². The molecule has 6 heteroatoms. The van der Waals surface area contributed by atoms with Crippen LogP contribution in [0.1, 0.15) is 39.5 Å². The largest absolute Gasteiger partial charge is 0.480 e. The van der Waals surface area contributed by atoms with Crippen LogP contribution in [0, 0.1) is 0 Å². The van der Waals surface area contributed by atoms with E-state index in [0.717, 1.165) is 25.7 Å². The van der Waals surface area contributed by atoms with E-state index in [9.17, 15) is 9.59 Å². The quantitative estimate of drug-likeness (QED) is 0.786. The lowest BCUT2D eigenvalue weighted by molar-refractivity contribution is -0.138. The molecule has 0 aromatic carbocycles. The third kappa shape index (κ3) is 4.93. The fourth-order valence-electron chi connectivity index (χ4n) is 2.34. The highest BCUT2D eigenvalue weighted by atomic mass is 32.2. The molecule has 2 N–H and O–H groups in total. The van der Waals surface area contributed by atoms with Gasteiger partial charge >= 0.3 is 12.0 Å². The number of carboxylic acid groups (broad SMARTS) is 1. The first-order valence-corrected chi connectivity index (χ1v) is 8.08. The molecule has 19 heavy (non-hydrogen) atoms. The van der Waals surface area contributed by atoms with Gasteiger partial charge in [0.25, 0.3) is 0 Å². The molecule has 0 saturated heterocycles. The molecule has 0 aromatic heterocycles. The molecule has 0 radical (unpaired) electrons. The molecule has 5 nitrogen and oxygen atoms in total. The van der Waals surface area contributed by atoms with E-state index >= 15 is 0 Å². The first-order chi connectivity index (χ1) is 8.97. The van der Waals surface area contributed by atoms with E-state index in [0.29, 0.717) is 5.25 Å². The Hall–Kier alpha value is -0.910. The molecule has 0 aliphatic heterocycles. The molecule has 3 atom stereocenters. The maximum absolute atomic E-state index is 12.2. The van der Waals surface area contributed by atoms with Crippen LogP contribution in [0.15, 0.2) is 0 Å². The van der Waals surface area contributed by atoms with E-state index in [4.69, 9.17) is 5.11 Å². The topological polar surface area (TPSA) is 69.6 Å². The van der Waals surface area contributed by atoms with Crippen molar-refractivity contribution in [2.24, 2.45) is 0 Å². The van der Waals surface area contributed by atoms with Crippen molar-refractivity contribution in [3.8, 4) is 0 Å². The summed E-state index contributed by atoms with van der Waals surface area (Å²) in [5.74, 6) is -0.969. The second-order valence-corrected chi connectivity index (χ2v) is 6.23. The summed E-state index contributed by atoms with van der Waals surface area (Å²) < 4.78 is 0. The van der Waals surface area contributed by atoms with Crippen molar-refractivity contribution in [1.82, 2.24) is 10.2 Å². The molecule has 0 spiro atoms. The standard InChI is InChI=1S/C13H24N2O3S/c1-4-9(2)15(8-12(16)17)13(18)14-10-5-6-11(7-10)19-3/h9-11H,4-8H2,1-3H3,(H,14,18)(H,16,17). The van der Waals surface area contributed by atoms with Gasteiger partial charge in [-0.15, -0.1) is 0 Å². The molecule has 1 fully saturated rings. The zero-order valence-corrected chi connectivity index (χ0v) is 12.7. The highest BCUT2D eigenvalue weighted by molar-refractivity contribution is 7.99. The number of hydrogen-bond acceptors (Lipinski definition) is 3. The molecule has 1 saturated carbocycles. The Bertz CT molecular complexity index is 325. The summed E-state index contributed by atoms with van der Waals surface area (Å²) in [6, 6.07) is -0.123. The number of carbonyl (C=O) groups excluding carboxylic acids is 1. The number of nitrogens with one attached hydrogen (secondary N) is 1. The maximum Gasteiger partial charge on any atom is 0.323 e. The molecule has 2 amide bonds. The lowest BCUT2D eigenvalue weighted by atomic mass is 10.2. The van der Waals surface area contributed by atoms with Crippen molar-refractivity contribution in [1.29, 1.82) is 0 Å². The minimum absolute atomic E-state index is 0.0612. The predicted octanol–water partition coefficient (Wildman–Crippen LogP) is 2.17. The van der Waals surface area contributed by atoms with Gasteiger partial charge < -0.3 is 15.3 Å². The fourth-order valence-corrected chi connectivity index (χ4v) is 3.13. The average Bonchev–Trinajstić information content (AvgIpc) is 2.82. The first kappa shape index (κ1) is 16.1. The summed E-state index contributed by atoms with van der Waals surface area (Å²) in [6.45, 7) is 3.59. The lowest BCUT2D eigenvalue weighted by Crippen LogP contribution is -2.49. The van der Waals surface area contributed by atoms with Crippen LogP contribution < -0.4 is 5.32 Å². The molecular formula is C13H24N2O3S. The van der Waals surface area contributed by atoms with Crippen molar-refractivity contribution < 1.29 is 14.7 Å². The van der Waals surface area contributed by atoms with Gasteiger partial charge in [0.1, 0.15) is 6.54 Å². The third-order valence-corrected chi connectivity index (χ3v) is 4.83. The Morgan fingerprint density at radius 1 is 1.47 bits per heavy atom. The Labute approximate surface area is 119 Å². The van der Waals surface area contributed by atoms with E-state index in [1.54, 1.807) is 0 Å². The van der Waals surface area contributed by atoms with E-state index in [-0.39, 0.29) is 24.7 Å². The highest BCUT2D eigenvalue weighted by Gasteiger charge is 2.28. The number of amides is 2. The van der Waals surface area contributed by atoms with Gasteiger partial charge in [-0.2, -0.15) is 11.8 Å². The number of hydrogen-bond donors (Lipinski definition) is 2. The molecule has 0 bridgehead atoms. The van der Waals surface area contributed by atoms with Crippen LogP contribution in [-0.4, -0.2) is 52.1 Å². The van der Waals surface area contributed by atoms with Gasteiger partial charge in [-0.1, -0.05) is 6.92 Å². The summed E-state index contributed by atoms with van der Waals surface area (Å²) >= 11 is 1.83. The van der Waals surface area contributed by atoms with Gasteiger partial charge in [0.05, 0.1) is 0 Å². The van der Waals surface area contributed by atoms with Crippen molar-refractivity contribution in [2.45, 2.75) is 56.9 Å². The summed E-state index contributed by atoms with van der Waals surface area (Å²) in [7, 11) is 0. The third-order valence-electron chi connectivity index (χ3n) is 3.73. The zero-order valence-electron chi connectivity index (χ0n) is 11.9. The smallest absolute Gasteiger partial charge is 0.323 e. The molecule has 3 unspecified atom stereocenters. The fraction of sp³-hybridized carbons (Fsp3) is 0.846. The normalized spacial score (nSPS) is 23.9. The summed E-state index contributed by atoms with van der Waals surface area (Å²) in [5, 5.41) is 12.5. The number of carboxylic acids is 1. The Balaban J connectivity index is 2.54. The SMILES string of the molecule is CCC(C)N(CC(=O)O)C(=O)NC1CCC(SC)C1. The van der Waals surface area contributed by atoms with E-state index in [1.807, 2.05) is 25.6 Å². The van der Waals surface area contributed by atoms with Gasteiger partial charge in [-0.25, -0.2) is 4.79 Å². The van der Waals surface area contributed by atoms with Crippen LogP contribution in [0.2, 0.25) is 0 Å². The van der Waals surface area contributed by atoms with Crippen LogP contribution >= 0.6 is 11.8 Å². The molecule has 1 aliphatic rings. The van der Waals surface area contributed by atoms with Crippen LogP contribution in [0.5, 0.6) is 0 Å². The number of carbonyl (C=O) groups is 2. The number of nitrogens with zero attached hydrogens (tertiary/aromatic N) is 1. The minimum atomic E-state index is -0.969. The Kier molecular flexibility index (Phi) is 6.48. The number of thioether (sulfide) groups is 1. The first-order valence-electron chi connectivity index (χ1n) is 6.79. The monoisotopic (exact) mass is 288 g/mol. The lowest BCUT2D eigenvalue weighted by Gasteiger charge is -2.28. The average molecular weight is 288 g/mol. The number of aliphatic carboxylic acids is 1. The molecule has 1 aliphatic carbocycles. The van der Waals surface area contributed by atoms with Crippen molar-refractivity contribution >= 4 is 23.8 Å². The van der Waals surface area contributed by atoms with Crippen molar-refractivity contribution in [3.63, 3.8) is 0 Å². The molecule has 0 heterocycles. The second kappa shape index (κ2) is 7.62. The molecule has 1 rings (SSSR count). The van der Waals surface area contributed by atoms with Crippen LogP contribution in [-0.2, 0) is 4.79 Å². The number of rotatable bonds is 6. The van der Waals surface area contributed by atoms with Crippen LogP contribution in [0.4, 0.5) is 4.79 Å². The minimum Gasteiger partial charge on any atom is -0.480 e. The Morgan fingerprint density at radius 3 is 2.63 bits per heavy atom. The second-order valence-electron chi connectivity index (χ2n) is 5.10. The number of urea groups is 1. The van der Waals surface area contributed by atoms with Crippen molar-refractivity contribution in [3.05, 3.63) is 0 Å². The molecule has 0 aromatic rings. The van der Waals surface area contributed by atoms with E-state index in [1.165, 1.54) is 4.90 Å². The van der Waals surface area contributed by atoms with Gasteiger partial charge in [-0.3, -0.25) is 4.79 Å². The van der Waals surface area contributed by atoms with Gasteiger partial charge in [0.2, 0.25) is 0 Å². The Morgan fingerprint density at radius 2 is 2.16 bits per heavy atom. The predicted molar refractivity (Wildman–Crippen MR) is 77.6 cm³/mol. The van der Waals surface area contributed by atoms with Gasteiger partial charge in [0.15, 0.2) is 0 Å². The van der Waals surface area contributed by atoms with E-state index in [2.05, 4.69) is 11.6 Å². The summed E-state index contributed by atoms with van der Waals surface area (Å²) in [6.07, 6.45) is 5.92. The van der Waals surface area contributed by atoms with Crippen LogP contribution in [0.25, 0.3) is 0 Å². The maximum atomic E-state index is 12.2. The van der Waals surface area contributed by atoms with Crippen LogP contribution in [0.3, 0.4) is 0 Å². The van der Waals surface area contributed by atoms with Gasteiger partial charge in [-0.05, 0) is 38.9 Å². The van der Waals surface area contributed by atoms with E-state index < -0.39 is 5.97 Å². The molecule has 110 valence electrons. The summed E-state index contributed by atoms with van der Waals surface area (Å²) in [4.78, 5) is 24.4. The molecular weight excluding hydrogens is 264 g/mol. The summed E-state index contributed by atoms with van der Waals surface area (Å²) in [5.41, 5.74) is 0. The highest BCUT2D eigenvalue weighted by Crippen LogP contribution is 2.28. The van der Waals surface area contributed by atoms with Gasteiger partial charge in [0, 0.05) is 17.3 Å². The zero-order chi connectivity index (χ0) is 14.4.